The van der Waals surface area contributed by atoms with Crippen LogP contribution in [0.2, 0.25) is 0 Å². The van der Waals surface area contributed by atoms with Crippen molar-refractivity contribution in [1.82, 2.24) is 5.32 Å². The molecule has 1 aromatic heterocycles. The average molecular weight is 251 g/mol. The van der Waals surface area contributed by atoms with Crippen LogP contribution in [-0.2, 0) is 4.79 Å². The van der Waals surface area contributed by atoms with Gasteiger partial charge in [-0.15, -0.1) is 0 Å². The highest BCUT2D eigenvalue weighted by atomic mass is 16.4. The predicted octanol–water partition coefficient (Wildman–Crippen LogP) is 2.40. The van der Waals surface area contributed by atoms with E-state index in [2.05, 4.69) is 5.32 Å². The molecule has 1 aliphatic rings. The van der Waals surface area contributed by atoms with E-state index >= 15 is 0 Å². The van der Waals surface area contributed by atoms with Crippen LogP contribution in [0.3, 0.4) is 0 Å². The number of aliphatic hydroxyl groups excluding tert-OH is 1. The fourth-order valence-electron chi connectivity index (χ4n) is 2.54. The lowest BCUT2D eigenvalue weighted by atomic mass is 10.1. The molecule has 0 aromatic carbocycles. The fourth-order valence-corrected chi connectivity index (χ4v) is 2.54. The largest absolute Gasteiger partial charge is 0.467 e. The molecule has 1 amide bonds. The normalized spacial score (nSPS) is 19.7. The van der Waals surface area contributed by atoms with E-state index in [1.807, 2.05) is 6.92 Å². The topological polar surface area (TPSA) is 62.5 Å². The van der Waals surface area contributed by atoms with Gasteiger partial charge in [-0.3, -0.25) is 4.79 Å². The Balaban J connectivity index is 1.77. The first-order chi connectivity index (χ1) is 8.66. The van der Waals surface area contributed by atoms with E-state index in [1.54, 1.807) is 18.4 Å². The minimum atomic E-state index is -0.654. The molecule has 0 bridgehead atoms. The molecule has 0 spiro atoms. The number of rotatable bonds is 5. The standard InChI is InChI=1S/C14H21NO3/c1-10(9-12(16)13-7-4-8-18-13)15-14(17)11-5-2-3-6-11/h4,7-8,10-12,16H,2-3,5-6,9H2,1H3,(H,15,17). The molecule has 1 heterocycles. The quantitative estimate of drug-likeness (QED) is 0.844. The van der Waals surface area contributed by atoms with Crippen molar-refractivity contribution in [3.8, 4) is 0 Å². The number of furan rings is 1. The van der Waals surface area contributed by atoms with Gasteiger partial charge in [-0.2, -0.15) is 0 Å². The molecule has 2 N–H and O–H groups in total. The van der Waals surface area contributed by atoms with Crippen LogP contribution in [0.5, 0.6) is 0 Å². The van der Waals surface area contributed by atoms with Crippen LogP contribution in [0.15, 0.2) is 22.8 Å². The van der Waals surface area contributed by atoms with Gasteiger partial charge in [0.1, 0.15) is 11.9 Å². The number of nitrogens with one attached hydrogen (secondary N) is 1. The van der Waals surface area contributed by atoms with Crippen molar-refractivity contribution in [3.05, 3.63) is 24.2 Å². The van der Waals surface area contributed by atoms with Crippen molar-refractivity contribution in [2.75, 3.05) is 0 Å². The van der Waals surface area contributed by atoms with E-state index in [1.165, 1.54) is 0 Å². The van der Waals surface area contributed by atoms with E-state index in [-0.39, 0.29) is 17.9 Å². The first-order valence-electron chi connectivity index (χ1n) is 6.68. The minimum Gasteiger partial charge on any atom is -0.467 e. The highest BCUT2D eigenvalue weighted by molar-refractivity contribution is 5.79. The highest BCUT2D eigenvalue weighted by Gasteiger charge is 2.24. The van der Waals surface area contributed by atoms with Crippen molar-refractivity contribution < 1.29 is 14.3 Å². The Morgan fingerprint density at radius 2 is 2.28 bits per heavy atom. The second-order valence-corrected chi connectivity index (χ2v) is 5.16. The molecule has 0 saturated heterocycles. The van der Waals surface area contributed by atoms with E-state index in [0.29, 0.717) is 12.2 Å². The number of aliphatic hydroxyl groups is 1. The van der Waals surface area contributed by atoms with Crippen molar-refractivity contribution in [2.24, 2.45) is 5.92 Å². The van der Waals surface area contributed by atoms with E-state index in [0.717, 1.165) is 25.7 Å². The summed E-state index contributed by atoms with van der Waals surface area (Å²) in [5.74, 6) is 0.858. The maximum atomic E-state index is 11.9. The fraction of sp³-hybridized carbons (Fsp3) is 0.643. The zero-order valence-electron chi connectivity index (χ0n) is 10.8. The Kier molecular flexibility index (Phi) is 4.42. The SMILES string of the molecule is CC(CC(O)c1ccco1)NC(=O)C1CCCC1. The summed E-state index contributed by atoms with van der Waals surface area (Å²) in [6.45, 7) is 1.92. The van der Waals surface area contributed by atoms with Crippen LogP contribution in [0, 0.1) is 5.92 Å². The Bertz CT molecular complexity index is 368. The number of amides is 1. The van der Waals surface area contributed by atoms with Crippen molar-refractivity contribution >= 4 is 5.91 Å². The number of hydrogen-bond acceptors (Lipinski definition) is 3. The van der Waals surface area contributed by atoms with Crippen LogP contribution in [-0.4, -0.2) is 17.1 Å². The third kappa shape index (κ3) is 3.35. The van der Waals surface area contributed by atoms with Gasteiger partial charge in [0.2, 0.25) is 5.91 Å². The van der Waals surface area contributed by atoms with E-state index in [9.17, 15) is 9.90 Å². The summed E-state index contributed by atoms with van der Waals surface area (Å²) in [5.41, 5.74) is 0. The van der Waals surface area contributed by atoms with Gasteiger partial charge in [-0.25, -0.2) is 0 Å². The van der Waals surface area contributed by atoms with Gasteiger partial charge in [-0.05, 0) is 31.9 Å². The molecule has 0 aliphatic heterocycles. The summed E-state index contributed by atoms with van der Waals surface area (Å²) >= 11 is 0. The molecule has 0 radical (unpaired) electrons. The van der Waals surface area contributed by atoms with E-state index < -0.39 is 6.10 Å². The van der Waals surface area contributed by atoms with Gasteiger partial charge in [0.15, 0.2) is 0 Å². The summed E-state index contributed by atoms with van der Waals surface area (Å²) in [4.78, 5) is 11.9. The zero-order chi connectivity index (χ0) is 13.0. The molecule has 2 unspecified atom stereocenters. The molecule has 18 heavy (non-hydrogen) atoms. The lowest BCUT2D eigenvalue weighted by Crippen LogP contribution is -2.37. The Morgan fingerprint density at radius 3 is 2.89 bits per heavy atom. The lowest BCUT2D eigenvalue weighted by molar-refractivity contribution is -0.125. The molecule has 1 saturated carbocycles. The summed E-state index contributed by atoms with van der Waals surface area (Å²) in [6, 6.07) is 3.45. The van der Waals surface area contributed by atoms with Crippen molar-refractivity contribution in [3.63, 3.8) is 0 Å². The van der Waals surface area contributed by atoms with Crippen LogP contribution < -0.4 is 5.32 Å². The average Bonchev–Trinajstić information content (AvgIpc) is 3.02. The molecule has 2 rings (SSSR count). The molecule has 1 aromatic rings. The first-order valence-corrected chi connectivity index (χ1v) is 6.68. The third-order valence-electron chi connectivity index (χ3n) is 3.56. The van der Waals surface area contributed by atoms with E-state index in [4.69, 9.17) is 4.42 Å². The number of carbonyl (C=O) groups is 1. The molecule has 1 fully saturated rings. The maximum absolute atomic E-state index is 11.9. The van der Waals surface area contributed by atoms with Crippen molar-refractivity contribution in [1.29, 1.82) is 0 Å². The highest BCUT2D eigenvalue weighted by Crippen LogP contribution is 2.25. The maximum Gasteiger partial charge on any atom is 0.223 e. The van der Waals surface area contributed by atoms with Gasteiger partial charge < -0.3 is 14.8 Å². The molecular weight excluding hydrogens is 230 g/mol. The molecule has 1 aliphatic carbocycles. The first kappa shape index (κ1) is 13.1. The van der Waals surface area contributed by atoms with Crippen LogP contribution in [0.1, 0.15) is 50.9 Å². The van der Waals surface area contributed by atoms with Gasteiger partial charge in [0.05, 0.1) is 6.26 Å². The van der Waals surface area contributed by atoms with Gasteiger partial charge in [-0.1, -0.05) is 12.8 Å². The molecule has 100 valence electrons. The van der Waals surface area contributed by atoms with Gasteiger partial charge >= 0.3 is 0 Å². The Labute approximate surface area is 107 Å². The van der Waals surface area contributed by atoms with Crippen LogP contribution >= 0.6 is 0 Å². The smallest absolute Gasteiger partial charge is 0.223 e. The second kappa shape index (κ2) is 6.05. The van der Waals surface area contributed by atoms with Crippen LogP contribution in [0.25, 0.3) is 0 Å². The van der Waals surface area contributed by atoms with Gasteiger partial charge in [0.25, 0.3) is 0 Å². The predicted molar refractivity (Wildman–Crippen MR) is 67.8 cm³/mol. The lowest BCUT2D eigenvalue weighted by Gasteiger charge is -2.19. The third-order valence-corrected chi connectivity index (χ3v) is 3.56. The van der Waals surface area contributed by atoms with Gasteiger partial charge in [0, 0.05) is 18.4 Å². The molecule has 2 atom stereocenters. The van der Waals surface area contributed by atoms with Crippen LogP contribution in [0.4, 0.5) is 0 Å². The number of hydrogen-bond donors (Lipinski definition) is 2. The Hall–Kier alpha value is -1.29. The minimum absolute atomic E-state index is 0.0433. The second-order valence-electron chi connectivity index (χ2n) is 5.16. The summed E-state index contributed by atoms with van der Waals surface area (Å²) in [7, 11) is 0. The summed E-state index contributed by atoms with van der Waals surface area (Å²) in [5, 5.41) is 12.9. The van der Waals surface area contributed by atoms with Crippen molar-refractivity contribution in [2.45, 2.75) is 51.2 Å². The molecule has 4 nitrogen and oxygen atoms in total. The summed E-state index contributed by atoms with van der Waals surface area (Å²) in [6.07, 6.45) is 5.67. The summed E-state index contributed by atoms with van der Waals surface area (Å²) < 4.78 is 5.14. The molecule has 4 heteroatoms. The Morgan fingerprint density at radius 1 is 1.56 bits per heavy atom. The number of carbonyl (C=O) groups excluding carboxylic acids is 1. The zero-order valence-corrected chi connectivity index (χ0v) is 10.8. The monoisotopic (exact) mass is 251 g/mol. The molecular formula is C14H21NO3.